The van der Waals surface area contributed by atoms with Crippen molar-refractivity contribution in [3.63, 3.8) is 0 Å². The van der Waals surface area contributed by atoms with Crippen LogP contribution in [0.5, 0.6) is 11.5 Å². The zero-order valence-corrected chi connectivity index (χ0v) is 13.4. The van der Waals surface area contributed by atoms with Crippen molar-refractivity contribution in [3.8, 4) is 22.1 Å². The summed E-state index contributed by atoms with van der Waals surface area (Å²) in [6, 6.07) is 10.3. The van der Waals surface area contributed by atoms with E-state index in [1.165, 1.54) is 10.3 Å². The maximum Gasteiger partial charge on any atom is 0.133 e. The number of hydrogen-bond donors (Lipinski definition) is 0. The highest BCUT2D eigenvalue weighted by molar-refractivity contribution is 7.21. The summed E-state index contributed by atoms with van der Waals surface area (Å²) in [4.78, 5) is 4.73. The number of hydrogen-bond acceptors (Lipinski definition) is 4. The Morgan fingerprint density at radius 2 is 1.57 bits per heavy atom. The van der Waals surface area contributed by atoms with Crippen LogP contribution in [0.15, 0.2) is 30.3 Å². The zero-order chi connectivity index (χ0) is 15.0. The van der Waals surface area contributed by atoms with Crippen molar-refractivity contribution in [2.24, 2.45) is 0 Å². The molecule has 0 aliphatic carbocycles. The van der Waals surface area contributed by atoms with Gasteiger partial charge in [0.15, 0.2) is 0 Å². The highest BCUT2D eigenvalue weighted by Crippen LogP contribution is 2.42. The Labute approximate surface area is 128 Å². The molecule has 0 saturated carbocycles. The van der Waals surface area contributed by atoms with Crippen LogP contribution in [0.3, 0.4) is 0 Å². The van der Waals surface area contributed by atoms with E-state index in [1.807, 2.05) is 19.1 Å². The van der Waals surface area contributed by atoms with Crippen molar-refractivity contribution >= 4 is 21.6 Å². The molecule has 0 aliphatic heterocycles. The molecule has 0 N–H and O–H groups in total. The van der Waals surface area contributed by atoms with Crippen LogP contribution < -0.4 is 9.47 Å². The van der Waals surface area contributed by atoms with Crippen molar-refractivity contribution in [1.82, 2.24) is 4.98 Å². The zero-order valence-electron chi connectivity index (χ0n) is 12.6. The lowest BCUT2D eigenvalue weighted by Crippen LogP contribution is -1.94. The largest absolute Gasteiger partial charge is 0.496 e. The molecule has 3 rings (SSSR count). The molecule has 0 spiro atoms. The van der Waals surface area contributed by atoms with Crippen LogP contribution in [0.25, 0.3) is 20.8 Å². The molecule has 1 heterocycles. The van der Waals surface area contributed by atoms with Crippen LogP contribution in [-0.2, 0) is 0 Å². The Kier molecular flexibility index (Phi) is 3.55. The summed E-state index contributed by atoms with van der Waals surface area (Å²) < 4.78 is 12.2. The molecular weight excluding hydrogens is 282 g/mol. The number of nitrogens with zero attached hydrogens (tertiary/aromatic N) is 1. The first-order valence-corrected chi connectivity index (χ1v) is 7.54. The molecule has 2 aromatic carbocycles. The van der Waals surface area contributed by atoms with Crippen molar-refractivity contribution in [1.29, 1.82) is 0 Å². The second-order valence-corrected chi connectivity index (χ2v) is 6.07. The number of methoxy groups -OCH3 is 2. The van der Waals surface area contributed by atoms with E-state index < -0.39 is 0 Å². The number of rotatable bonds is 3. The Balaban J connectivity index is 2.26. The van der Waals surface area contributed by atoms with E-state index in [2.05, 4.69) is 25.1 Å². The molecule has 0 saturated heterocycles. The third kappa shape index (κ3) is 2.47. The van der Waals surface area contributed by atoms with E-state index in [4.69, 9.17) is 14.5 Å². The van der Waals surface area contributed by atoms with Gasteiger partial charge in [-0.2, -0.15) is 0 Å². The minimum atomic E-state index is 0.794. The van der Waals surface area contributed by atoms with Crippen molar-refractivity contribution in [2.45, 2.75) is 13.8 Å². The average molecular weight is 299 g/mol. The van der Waals surface area contributed by atoms with E-state index >= 15 is 0 Å². The summed E-state index contributed by atoms with van der Waals surface area (Å²) in [5.74, 6) is 1.59. The van der Waals surface area contributed by atoms with Gasteiger partial charge in [0.1, 0.15) is 16.5 Å². The number of fused-ring (bicyclic) bond motifs is 1. The highest BCUT2D eigenvalue weighted by atomic mass is 32.1. The van der Waals surface area contributed by atoms with Crippen LogP contribution in [-0.4, -0.2) is 19.2 Å². The number of aryl methyl sites for hydroxylation is 2. The van der Waals surface area contributed by atoms with E-state index in [1.54, 1.807) is 25.6 Å². The predicted octanol–water partition coefficient (Wildman–Crippen LogP) is 4.60. The maximum atomic E-state index is 5.53. The second-order valence-electron chi connectivity index (χ2n) is 5.03. The van der Waals surface area contributed by atoms with Gasteiger partial charge in [-0.15, -0.1) is 11.3 Å². The van der Waals surface area contributed by atoms with Gasteiger partial charge in [-0.25, -0.2) is 4.98 Å². The first kappa shape index (κ1) is 13.9. The fourth-order valence-electron chi connectivity index (χ4n) is 2.39. The summed E-state index contributed by atoms with van der Waals surface area (Å²) in [6.45, 7) is 4.11. The van der Waals surface area contributed by atoms with Crippen LogP contribution in [0.4, 0.5) is 0 Å². The Bertz CT molecular complexity index is 783. The number of thiazole rings is 1. The summed E-state index contributed by atoms with van der Waals surface area (Å²) in [7, 11) is 3.35. The Hall–Kier alpha value is -2.07. The van der Waals surface area contributed by atoms with Crippen molar-refractivity contribution in [3.05, 3.63) is 41.5 Å². The van der Waals surface area contributed by atoms with E-state index in [0.29, 0.717) is 0 Å². The molecule has 3 aromatic rings. The van der Waals surface area contributed by atoms with Gasteiger partial charge in [-0.3, -0.25) is 0 Å². The van der Waals surface area contributed by atoms with Gasteiger partial charge in [-0.1, -0.05) is 6.07 Å². The van der Waals surface area contributed by atoms with Gasteiger partial charge >= 0.3 is 0 Å². The van der Waals surface area contributed by atoms with Gasteiger partial charge in [0.2, 0.25) is 0 Å². The molecule has 108 valence electrons. The molecule has 4 heteroatoms. The molecule has 0 bridgehead atoms. The van der Waals surface area contributed by atoms with E-state index in [-0.39, 0.29) is 0 Å². The standard InChI is InChI=1S/C17H17NO2S/c1-10-5-6-12-15(9-10)21-17(18-12)16-13(19-3)7-11(2)8-14(16)20-4/h5-9H,1-4H3. The van der Waals surface area contributed by atoms with Gasteiger partial charge in [0, 0.05) is 0 Å². The summed E-state index contributed by atoms with van der Waals surface area (Å²) in [5, 5.41) is 0.921. The third-order valence-electron chi connectivity index (χ3n) is 3.41. The normalized spacial score (nSPS) is 10.9. The minimum absolute atomic E-state index is 0.794. The van der Waals surface area contributed by atoms with Gasteiger partial charge < -0.3 is 9.47 Å². The number of ether oxygens (including phenoxy) is 2. The third-order valence-corrected chi connectivity index (χ3v) is 4.44. The predicted molar refractivity (Wildman–Crippen MR) is 87.6 cm³/mol. The van der Waals surface area contributed by atoms with Crippen molar-refractivity contribution in [2.75, 3.05) is 14.2 Å². The summed E-state index contributed by atoms with van der Waals surface area (Å²) in [6.07, 6.45) is 0. The molecule has 21 heavy (non-hydrogen) atoms. The number of aromatic nitrogens is 1. The maximum absolute atomic E-state index is 5.53. The first-order valence-electron chi connectivity index (χ1n) is 6.72. The topological polar surface area (TPSA) is 31.4 Å². The molecule has 0 atom stereocenters. The lowest BCUT2D eigenvalue weighted by atomic mass is 10.1. The number of benzene rings is 2. The molecule has 0 fully saturated rings. The Morgan fingerprint density at radius 3 is 2.19 bits per heavy atom. The minimum Gasteiger partial charge on any atom is -0.496 e. The second kappa shape index (κ2) is 5.37. The monoisotopic (exact) mass is 299 g/mol. The van der Waals surface area contributed by atoms with Crippen LogP contribution in [0.1, 0.15) is 11.1 Å². The van der Waals surface area contributed by atoms with E-state index in [9.17, 15) is 0 Å². The SMILES string of the molecule is COc1cc(C)cc(OC)c1-c1nc2ccc(C)cc2s1. The fourth-order valence-corrected chi connectivity index (χ4v) is 3.51. The Morgan fingerprint density at radius 1 is 0.905 bits per heavy atom. The highest BCUT2D eigenvalue weighted by Gasteiger charge is 2.17. The van der Waals surface area contributed by atoms with Crippen molar-refractivity contribution < 1.29 is 9.47 Å². The molecule has 3 nitrogen and oxygen atoms in total. The van der Waals surface area contributed by atoms with Gasteiger partial charge in [0.05, 0.1) is 30.0 Å². The molecule has 0 unspecified atom stereocenters. The summed E-state index contributed by atoms with van der Waals surface area (Å²) >= 11 is 1.66. The molecular formula is C17H17NO2S. The average Bonchev–Trinajstić information content (AvgIpc) is 2.88. The fraction of sp³-hybridized carbons (Fsp3) is 0.235. The van der Waals surface area contributed by atoms with Crippen LogP contribution >= 0.6 is 11.3 Å². The van der Waals surface area contributed by atoms with Crippen LogP contribution in [0, 0.1) is 13.8 Å². The molecule has 0 amide bonds. The first-order chi connectivity index (χ1) is 10.1. The smallest absolute Gasteiger partial charge is 0.133 e. The lowest BCUT2D eigenvalue weighted by Gasteiger charge is -2.12. The molecule has 0 radical (unpaired) electrons. The van der Waals surface area contributed by atoms with Crippen LogP contribution in [0.2, 0.25) is 0 Å². The molecule has 1 aromatic heterocycles. The molecule has 0 aliphatic rings. The van der Waals surface area contributed by atoms with E-state index in [0.717, 1.165) is 33.2 Å². The quantitative estimate of drug-likeness (QED) is 0.708. The lowest BCUT2D eigenvalue weighted by molar-refractivity contribution is 0.397. The van der Waals surface area contributed by atoms with Gasteiger partial charge in [0.25, 0.3) is 0 Å². The summed E-state index contributed by atoms with van der Waals surface area (Å²) in [5.41, 5.74) is 4.26. The van der Waals surface area contributed by atoms with Gasteiger partial charge in [-0.05, 0) is 49.2 Å².